The second kappa shape index (κ2) is 8.52. The molecule has 9 heteroatoms. The molecule has 0 amide bonds. The van der Waals surface area contributed by atoms with Gasteiger partial charge in [-0.05, 0) is 12.0 Å². The third-order valence-corrected chi connectivity index (χ3v) is 4.37. The average molecular weight is 371 g/mol. The number of piperazine rings is 1. The highest BCUT2D eigenvalue weighted by Gasteiger charge is 2.39. The topological polar surface area (TPSA) is 91.1 Å². The first-order chi connectivity index (χ1) is 12.2. The lowest BCUT2D eigenvalue weighted by Gasteiger charge is -2.38. The van der Waals surface area contributed by atoms with Crippen molar-refractivity contribution in [3.05, 3.63) is 48.2 Å². The molecule has 2 rings (SSSR count). The van der Waals surface area contributed by atoms with E-state index >= 15 is 0 Å². The number of hydrogen-bond donors (Lipinski definition) is 3. The van der Waals surface area contributed by atoms with Crippen LogP contribution in [0.3, 0.4) is 0 Å². The number of aliphatic hydroxyl groups is 1. The number of rotatable bonds is 6. The van der Waals surface area contributed by atoms with Crippen molar-refractivity contribution in [2.75, 3.05) is 26.2 Å². The summed E-state index contributed by atoms with van der Waals surface area (Å²) >= 11 is 0. The van der Waals surface area contributed by atoms with E-state index in [9.17, 15) is 18.3 Å². The van der Waals surface area contributed by atoms with E-state index in [-0.39, 0.29) is 25.5 Å². The van der Waals surface area contributed by atoms with Gasteiger partial charge in [-0.3, -0.25) is 4.90 Å². The monoisotopic (exact) mass is 371 g/mol. The number of β-amino-alcohol motifs (C(OH)–C–C–N with tert-alkyl or cyclic N) is 1. The highest BCUT2D eigenvalue weighted by atomic mass is 19.4. The molecule has 26 heavy (non-hydrogen) atoms. The van der Waals surface area contributed by atoms with Crippen molar-refractivity contribution in [3.8, 4) is 0 Å². The second-order valence-electron chi connectivity index (χ2n) is 6.30. The van der Waals surface area contributed by atoms with Crippen LogP contribution in [-0.2, 0) is 6.42 Å². The molecule has 0 aliphatic carbocycles. The van der Waals surface area contributed by atoms with Crippen LogP contribution in [0, 0.1) is 0 Å². The molecule has 0 radical (unpaired) electrons. The fourth-order valence-electron chi connectivity index (χ4n) is 2.87. The molecule has 1 aliphatic heterocycles. The van der Waals surface area contributed by atoms with Crippen molar-refractivity contribution in [3.63, 3.8) is 0 Å². The van der Waals surface area contributed by atoms with Gasteiger partial charge >= 0.3 is 6.18 Å². The van der Waals surface area contributed by atoms with Crippen LogP contribution in [0.15, 0.2) is 47.7 Å². The van der Waals surface area contributed by atoms with Gasteiger partial charge in [0.15, 0.2) is 0 Å². The Bertz CT molecular complexity index is 635. The summed E-state index contributed by atoms with van der Waals surface area (Å²) in [7, 11) is 0. The number of hydrazone groups is 1. The van der Waals surface area contributed by atoms with Gasteiger partial charge in [-0.25, -0.2) is 0 Å². The minimum absolute atomic E-state index is 0.0367. The number of hydrogen-bond acceptors (Lipinski definition) is 5. The summed E-state index contributed by atoms with van der Waals surface area (Å²) in [4.78, 5) is 2.74. The predicted octanol–water partition coefficient (Wildman–Crippen LogP) is 0.883. The number of nitrogens with two attached hydrogens (primary N) is 2. The highest BCUT2D eigenvalue weighted by Crippen LogP contribution is 2.28. The second-order valence-corrected chi connectivity index (χ2v) is 6.30. The van der Waals surface area contributed by atoms with E-state index < -0.39 is 24.0 Å². The van der Waals surface area contributed by atoms with Crippen LogP contribution in [0.25, 0.3) is 0 Å². The fraction of sp³-hybridized carbons (Fsp3) is 0.471. The lowest BCUT2D eigenvalue weighted by Crippen LogP contribution is -2.55. The van der Waals surface area contributed by atoms with Crippen molar-refractivity contribution in [2.24, 2.45) is 16.7 Å². The Kier molecular flexibility index (Phi) is 6.63. The van der Waals surface area contributed by atoms with Gasteiger partial charge < -0.3 is 21.6 Å². The van der Waals surface area contributed by atoms with E-state index in [1.165, 1.54) is 0 Å². The van der Waals surface area contributed by atoms with Crippen LogP contribution < -0.4 is 11.6 Å². The van der Waals surface area contributed by atoms with Gasteiger partial charge in [0.05, 0.1) is 12.6 Å². The van der Waals surface area contributed by atoms with E-state index in [2.05, 4.69) is 11.7 Å². The maximum Gasteiger partial charge on any atom is 0.430 e. The van der Waals surface area contributed by atoms with Crippen molar-refractivity contribution in [1.82, 2.24) is 9.80 Å². The number of allylic oxidation sites excluding steroid dienone is 1. The quantitative estimate of drug-likeness (QED) is 0.510. The van der Waals surface area contributed by atoms with Crippen molar-refractivity contribution < 1.29 is 18.3 Å². The highest BCUT2D eigenvalue weighted by molar-refractivity contribution is 5.86. The summed E-state index contributed by atoms with van der Waals surface area (Å²) in [6.07, 6.45) is -4.87. The van der Waals surface area contributed by atoms with Gasteiger partial charge in [-0.1, -0.05) is 36.9 Å². The summed E-state index contributed by atoms with van der Waals surface area (Å²) in [5.41, 5.74) is 6.07. The molecule has 1 fully saturated rings. The molecule has 6 nitrogen and oxygen atoms in total. The van der Waals surface area contributed by atoms with Crippen molar-refractivity contribution in [2.45, 2.75) is 24.7 Å². The summed E-state index contributed by atoms with van der Waals surface area (Å²) in [6.45, 7) is 3.74. The van der Waals surface area contributed by atoms with Crippen LogP contribution >= 0.6 is 0 Å². The third kappa shape index (κ3) is 5.20. The van der Waals surface area contributed by atoms with E-state index in [1.807, 2.05) is 30.3 Å². The number of halogens is 3. The molecule has 144 valence electrons. The van der Waals surface area contributed by atoms with Crippen molar-refractivity contribution >= 4 is 5.84 Å². The Balaban J connectivity index is 1.92. The van der Waals surface area contributed by atoms with Crippen LogP contribution in [0.4, 0.5) is 13.2 Å². The van der Waals surface area contributed by atoms with Crippen LogP contribution in [0.5, 0.6) is 0 Å². The SMILES string of the molecule is C=C(N1CCN(C[C@H](O)[C@H](N)Cc2ccccc2)C/C1=N/N)C(F)(F)F. The Morgan fingerprint density at radius 3 is 2.50 bits per heavy atom. The minimum Gasteiger partial charge on any atom is -0.390 e. The Morgan fingerprint density at radius 1 is 1.27 bits per heavy atom. The minimum atomic E-state index is -4.55. The van der Waals surface area contributed by atoms with Gasteiger partial charge in [-0.2, -0.15) is 18.3 Å². The van der Waals surface area contributed by atoms with Gasteiger partial charge in [0.25, 0.3) is 0 Å². The standard InChI is InChI=1S/C17H24F3N5O/c1-12(17(18,19)20)25-8-7-24(11-16(25)23-22)10-15(26)14(21)9-13-5-3-2-4-6-13/h2-6,14-15,26H,1,7-11,21-22H2/b23-16-/t14-,15+/m1/s1. The van der Waals surface area contributed by atoms with Crippen molar-refractivity contribution in [1.29, 1.82) is 0 Å². The lowest BCUT2D eigenvalue weighted by molar-refractivity contribution is -0.106. The van der Waals surface area contributed by atoms with Gasteiger partial charge in [0.1, 0.15) is 11.5 Å². The molecule has 1 aromatic carbocycles. The van der Waals surface area contributed by atoms with E-state index in [0.29, 0.717) is 13.0 Å². The van der Waals surface area contributed by atoms with Crippen LogP contribution in [0.2, 0.25) is 0 Å². The molecule has 0 saturated carbocycles. The van der Waals surface area contributed by atoms with Crippen LogP contribution in [0.1, 0.15) is 5.56 Å². The zero-order valence-corrected chi connectivity index (χ0v) is 14.4. The number of aliphatic hydroxyl groups excluding tert-OH is 1. The molecular weight excluding hydrogens is 347 g/mol. The third-order valence-electron chi connectivity index (χ3n) is 4.37. The molecule has 1 aliphatic rings. The number of amidine groups is 1. The summed E-state index contributed by atoms with van der Waals surface area (Å²) in [5, 5.41) is 13.8. The lowest BCUT2D eigenvalue weighted by atomic mass is 10.0. The summed E-state index contributed by atoms with van der Waals surface area (Å²) in [5.74, 6) is 5.31. The first kappa shape index (κ1) is 20.2. The average Bonchev–Trinajstić information content (AvgIpc) is 2.61. The molecule has 0 spiro atoms. The molecule has 2 atom stereocenters. The Hall–Kier alpha value is -2.10. The zero-order chi connectivity index (χ0) is 19.3. The number of benzene rings is 1. The van der Waals surface area contributed by atoms with Gasteiger partial charge in [0.2, 0.25) is 0 Å². The normalized spacial score (nSPS) is 20.2. The number of nitrogens with zero attached hydrogens (tertiary/aromatic N) is 3. The smallest absolute Gasteiger partial charge is 0.390 e. The molecule has 1 saturated heterocycles. The molecule has 1 heterocycles. The maximum absolute atomic E-state index is 12.9. The largest absolute Gasteiger partial charge is 0.430 e. The molecule has 5 N–H and O–H groups in total. The first-order valence-electron chi connectivity index (χ1n) is 8.22. The van der Waals surface area contributed by atoms with Gasteiger partial charge in [-0.15, -0.1) is 0 Å². The summed E-state index contributed by atoms with van der Waals surface area (Å²) < 4.78 is 38.6. The fourth-order valence-corrected chi connectivity index (χ4v) is 2.87. The molecule has 0 bridgehead atoms. The zero-order valence-electron chi connectivity index (χ0n) is 14.4. The van der Waals surface area contributed by atoms with E-state index in [4.69, 9.17) is 11.6 Å². The molecule has 0 unspecified atom stereocenters. The van der Waals surface area contributed by atoms with E-state index in [0.717, 1.165) is 10.5 Å². The predicted molar refractivity (Wildman–Crippen MR) is 94.1 cm³/mol. The van der Waals surface area contributed by atoms with Gasteiger partial charge in [0, 0.05) is 25.7 Å². The maximum atomic E-state index is 12.9. The molecular formula is C17H24F3N5O. The molecule has 1 aromatic rings. The van der Waals surface area contributed by atoms with Crippen LogP contribution in [-0.4, -0.2) is 65.2 Å². The Labute approximate surface area is 150 Å². The molecule has 0 aromatic heterocycles. The number of alkyl halides is 3. The Morgan fingerprint density at radius 2 is 1.92 bits per heavy atom. The summed E-state index contributed by atoms with van der Waals surface area (Å²) in [6, 6.07) is 9.04. The first-order valence-corrected chi connectivity index (χ1v) is 8.22. The van der Waals surface area contributed by atoms with E-state index in [1.54, 1.807) is 4.90 Å².